The zero-order valence-corrected chi connectivity index (χ0v) is 17.5. The first-order chi connectivity index (χ1) is 14.0. The fourth-order valence-corrected chi connectivity index (χ4v) is 4.38. The Hall–Kier alpha value is -2.98. The summed E-state index contributed by atoms with van der Waals surface area (Å²) in [6, 6.07) is 5.17. The van der Waals surface area contributed by atoms with Crippen molar-refractivity contribution in [2.75, 3.05) is 50.1 Å². The minimum absolute atomic E-state index is 0. The van der Waals surface area contributed by atoms with Gasteiger partial charge in [0.1, 0.15) is 16.9 Å². The molecule has 3 aromatic rings. The third-order valence-electron chi connectivity index (χ3n) is 5.87. The Labute approximate surface area is 179 Å². The number of anilines is 2. The van der Waals surface area contributed by atoms with Crippen LogP contribution in [0.2, 0.25) is 0 Å². The lowest BCUT2D eigenvalue weighted by Crippen LogP contribution is -2.27. The van der Waals surface area contributed by atoms with Gasteiger partial charge in [0.2, 0.25) is 5.95 Å². The van der Waals surface area contributed by atoms with Gasteiger partial charge < -0.3 is 20.1 Å². The first kappa shape index (κ1) is 20.3. The molecular weight excluding hydrogens is 408 g/mol. The van der Waals surface area contributed by atoms with E-state index in [-0.39, 0.29) is 23.0 Å². The summed E-state index contributed by atoms with van der Waals surface area (Å²) in [7, 11) is 3.58. The summed E-state index contributed by atoms with van der Waals surface area (Å²) in [6.45, 7) is 3.88. The zero-order chi connectivity index (χ0) is 20.1. The third kappa shape index (κ3) is 3.31. The van der Waals surface area contributed by atoms with Crippen LogP contribution in [-0.4, -0.2) is 65.1 Å². The number of aromatic amines is 1. The van der Waals surface area contributed by atoms with Gasteiger partial charge in [0.25, 0.3) is 5.69 Å². The Kier molecular flexibility index (Phi) is 5.20. The number of imidazole rings is 1. The Morgan fingerprint density at radius 1 is 1.20 bits per heavy atom. The van der Waals surface area contributed by atoms with Crippen molar-refractivity contribution in [2.24, 2.45) is 11.8 Å². The van der Waals surface area contributed by atoms with Crippen LogP contribution in [0, 0.1) is 22.0 Å². The predicted molar refractivity (Wildman–Crippen MR) is 117 cm³/mol. The van der Waals surface area contributed by atoms with Crippen LogP contribution in [0.4, 0.5) is 17.3 Å². The molecule has 30 heavy (non-hydrogen) atoms. The second-order valence-electron chi connectivity index (χ2n) is 7.91. The van der Waals surface area contributed by atoms with Crippen molar-refractivity contribution in [1.29, 1.82) is 0 Å². The number of benzene rings is 1. The highest BCUT2D eigenvalue weighted by Crippen LogP contribution is 2.35. The van der Waals surface area contributed by atoms with Gasteiger partial charge in [-0.3, -0.25) is 10.1 Å². The van der Waals surface area contributed by atoms with Crippen molar-refractivity contribution in [2.45, 2.75) is 0 Å². The molecule has 2 N–H and O–H groups in total. The van der Waals surface area contributed by atoms with Crippen molar-refractivity contribution >= 4 is 40.9 Å². The molecule has 2 aliphatic heterocycles. The molecule has 0 aliphatic carbocycles. The molecule has 0 saturated carbocycles. The number of rotatable bonds is 4. The Morgan fingerprint density at radius 2 is 1.93 bits per heavy atom. The Balaban J connectivity index is 0.00000218. The maximum Gasteiger partial charge on any atom is 0.293 e. The van der Waals surface area contributed by atoms with Crippen molar-refractivity contribution < 1.29 is 4.92 Å². The fraction of sp³-hybridized carbons (Fsp3) is 0.421. The number of H-pyrrole nitrogens is 1. The molecule has 11 heteroatoms. The summed E-state index contributed by atoms with van der Waals surface area (Å²) in [5.74, 6) is 1.87. The highest BCUT2D eigenvalue weighted by atomic mass is 35.5. The third-order valence-corrected chi connectivity index (χ3v) is 5.87. The van der Waals surface area contributed by atoms with Gasteiger partial charge in [0.05, 0.1) is 11.3 Å². The van der Waals surface area contributed by atoms with Gasteiger partial charge in [-0.25, -0.2) is 9.97 Å². The van der Waals surface area contributed by atoms with Crippen LogP contribution < -0.4 is 15.1 Å². The van der Waals surface area contributed by atoms with E-state index in [1.807, 2.05) is 6.07 Å². The van der Waals surface area contributed by atoms with Crippen molar-refractivity contribution in [3.05, 3.63) is 34.6 Å². The van der Waals surface area contributed by atoms with Crippen LogP contribution >= 0.6 is 12.4 Å². The molecule has 0 amide bonds. The van der Waals surface area contributed by atoms with Crippen molar-refractivity contribution in [3.8, 4) is 11.3 Å². The number of nitro benzene ring substituents is 1. The normalized spacial score (nSPS) is 20.3. The smallest absolute Gasteiger partial charge is 0.293 e. The minimum atomic E-state index is -0.364. The molecule has 2 aliphatic rings. The molecule has 5 rings (SSSR count). The summed E-state index contributed by atoms with van der Waals surface area (Å²) in [5.41, 5.74) is 3.10. The van der Waals surface area contributed by atoms with Gasteiger partial charge >= 0.3 is 0 Å². The molecule has 0 bridgehead atoms. The number of halogens is 1. The van der Waals surface area contributed by atoms with E-state index in [2.05, 4.69) is 25.2 Å². The highest BCUT2D eigenvalue weighted by molar-refractivity contribution is 5.89. The molecule has 4 heterocycles. The molecule has 2 aromatic heterocycles. The molecule has 10 nitrogen and oxygen atoms in total. The standard InChI is InChI=1S/C19H22N8O2.ClH/c1-25(2)14-4-3-11(5-15(14)27(28)29)16-17-18(22-10-21-17)24-19(23-16)26-8-12-6-20-7-13(12)9-26;/h3-5,10,12-13,20H,6-9H2,1-2H3,(H,21,22,23,24);1H. The topological polar surface area (TPSA) is 116 Å². The van der Waals surface area contributed by atoms with Gasteiger partial charge in [-0.05, 0) is 17.9 Å². The number of aromatic nitrogens is 4. The molecule has 1 aromatic carbocycles. The molecule has 2 saturated heterocycles. The molecule has 2 fully saturated rings. The number of hydrogen-bond acceptors (Lipinski definition) is 8. The average molecular weight is 431 g/mol. The second kappa shape index (κ2) is 7.69. The lowest BCUT2D eigenvalue weighted by atomic mass is 10.0. The zero-order valence-electron chi connectivity index (χ0n) is 16.7. The van der Waals surface area contributed by atoms with Crippen molar-refractivity contribution in [3.63, 3.8) is 0 Å². The van der Waals surface area contributed by atoms with Crippen molar-refractivity contribution in [1.82, 2.24) is 25.3 Å². The maximum atomic E-state index is 11.6. The van der Waals surface area contributed by atoms with E-state index in [0.29, 0.717) is 45.9 Å². The predicted octanol–water partition coefficient (Wildman–Crippen LogP) is 2.07. The van der Waals surface area contributed by atoms with E-state index < -0.39 is 0 Å². The summed E-state index contributed by atoms with van der Waals surface area (Å²) in [4.78, 5) is 32.1. The average Bonchev–Trinajstić information content (AvgIpc) is 3.42. The fourth-order valence-electron chi connectivity index (χ4n) is 4.38. The van der Waals surface area contributed by atoms with E-state index in [9.17, 15) is 10.1 Å². The van der Waals surface area contributed by atoms with Crippen LogP contribution in [0.1, 0.15) is 0 Å². The number of nitro groups is 1. The summed E-state index contributed by atoms with van der Waals surface area (Å²) in [6.07, 6.45) is 1.58. The molecule has 0 radical (unpaired) electrons. The van der Waals surface area contributed by atoms with Gasteiger partial charge in [-0.1, -0.05) is 6.07 Å². The number of nitrogens with zero attached hydrogens (tertiary/aromatic N) is 6. The van der Waals surface area contributed by atoms with E-state index in [4.69, 9.17) is 4.98 Å². The molecule has 2 atom stereocenters. The summed E-state index contributed by atoms with van der Waals surface area (Å²) < 4.78 is 0. The monoisotopic (exact) mass is 430 g/mol. The van der Waals surface area contributed by atoms with Crippen LogP contribution in [-0.2, 0) is 0 Å². The Morgan fingerprint density at radius 3 is 2.60 bits per heavy atom. The van der Waals surface area contributed by atoms with Crippen LogP contribution in [0.3, 0.4) is 0 Å². The van der Waals surface area contributed by atoms with E-state index in [0.717, 1.165) is 26.2 Å². The molecular formula is C19H23ClN8O2. The van der Waals surface area contributed by atoms with Gasteiger partial charge in [0.15, 0.2) is 5.65 Å². The second-order valence-corrected chi connectivity index (χ2v) is 7.91. The molecule has 158 valence electrons. The lowest BCUT2D eigenvalue weighted by Gasteiger charge is -2.18. The van der Waals surface area contributed by atoms with Gasteiger partial charge in [-0.2, -0.15) is 4.98 Å². The number of hydrogen-bond donors (Lipinski definition) is 2. The van der Waals surface area contributed by atoms with Crippen LogP contribution in [0.5, 0.6) is 0 Å². The molecule has 0 spiro atoms. The van der Waals surface area contributed by atoms with E-state index in [1.165, 1.54) is 0 Å². The largest absolute Gasteiger partial charge is 0.372 e. The summed E-state index contributed by atoms with van der Waals surface area (Å²) >= 11 is 0. The summed E-state index contributed by atoms with van der Waals surface area (Å²) in [5, 5.41) is 15.1. The minimum Gasteiger partial charge on any atom is -0.372 e. The number of nitrogens with one attached hydrogen (secondary N) is 2. The van der Waals surface area contributed by atoms with Gasteiger partial charge in [0, 0.05) is 51.9 Å². The van der Waals surface area contributed by atoms with E-state index in [1.54, 1.807) is 37.5 Å². The Bertz CT molecular complexity index is 1090. The van der Waals surface area contributed by atoms with Crippen LogP contribution in [0.25, 0.3) is 22.4 Å². The van der Waals surface area contributed by atoms with E-state index >= 15 is 0 Å². The number of fused-ring (bicyclic) bond motifs is 2. The highest BCUT2D eigenvalue weighted by Gasteiger charge is 2.37. The first-order valence-corrected chi connectivity index (χ1v) is 9.64. The quantitative estimate of drug-likeness (QED) is 0.477. The SMILES string of the molecule is CN(C)c1ccc(-c2nc(N3CC4CNCC4C3)nc3[nH]cnc23)cc1[N+](=O)[O-].Cl. The van der Waals surface area contributed by atoms with Gasteiger partial charge in [-0.15, -0.1) is 12.4 Å². The molecule has 2 unspecified atom stereocenters. The lowest BCUT2D eigenvalue weighted by molar-refractivity contribution is -0.384. The van der Waals surface area contributed by atoms with Crippen LogP contribution in [0.15, 0.2) is 24.5 Å². The maximum absolute atomic E-state index is 11.6. The first-order valence-electron chi connectivity index (χ1n) is 9.64.